The molecular weight excluding hydrogens is 230 g/mol. The first-order valence-electron chi connectivity index (χ1n) is 6.05. The van der Waals surface area contributed by atoms with Crippen LogP contribution >= 0.6 is 0 Å². The van der Waals surface area contributed by atoms with E-state index in [2.05, 4.69) is 19.0 Å². The van der Waals surface area contributed by atoms with Crippen LogP contribution in [0.15, 0.2) is 29.4 Å². The van der Waals surface area contributed by atoms with Gasteiger partial charge in [-0.3, -0.25) is 0 Å². The third-order valence-corrected chi connectivity index (χ3v) is 2.65. The number of hydrogen-bond donors (Lipinski definition) is 1. The lowest BCUT2D eigenvalue weighted by Gasteiger charge is -2.07. The van der Waals surface area contributed by atoms with Gasteiger partial charge in [0.05, 0.1) is 6.61 Å². The summed E-state index contributed by atoms with van der Waals surface area (Å²) in [5.41, 5.74) is 2.17. The highest BCUT2D eigenvalue weighted by Gasteiger charge is 2.14. The standard InChI is InChI=1S/C14H19NO3/c1-4-18-14(16)13(15-17)9-11-5-7-12(8-6-11)10(2)3/h5-8,10,17H,4,9H2,1-3H3. The van der Waals surface area contributed by atoms with E-state index in [0.29, 0.717) is 5.92 Å². The number of esters is 1. The molecule has 1 rings (SSSR count). The lowest BCUT2D eigenvalue weighted by atomic mass is 10.00. The molecule has 4 heteroatoms. The fourth-order valence-corrected chi connectivity index (χ4v) is 1.58. The molecule has 0 atom stereocenters. The zero-order chi connectivity index (χ0) is 13.5. The van der Waals surface area contributed by atoms with E-state index in [4.69, 9.17) is 9.94 Å². The number of carbonyl (C=O) groups is 1. The summed E-state index contributed by atoms with van der Waals surface area (Å²) < 4.78 is 4.80. The second-order valence-electron chi connectivity index (χ2n) is 4.34. The molecule has 0 aliphatic heterocycles. The fourth-order valence-electron chi connectivity index (χ4n) is 1.58. The Labute approximate surface area is 107 Å². The molecule has 0 aliphatic carbocycles. The summed E-state index contributed by atoms with van der Waals surface area (Å²) in [4.78, 5) is 11.4. The van der Waals surface area contributed by atoms with Crippen molar-refractivity contribution >= 4 is 11.7 Å². The maximum atomic E-state index is 11.4. The number of carbonyl (C=O) groups excluding carboxylic acids is 1. The van der Waals surface area contributed by atoms with Crippen LogP contribution in [0.25, 0.3) is 0 Å². The predicted molar refractivity (Wildman–Crippen MR) is 70.1 cm³/mol. The van der Waals surface area contributed by atoms with E-state index in [1.165, 1.54) is 5.56 Å². The first-order valence-corrected chi connectivity index (χ1v) is 6.05. The number of ether oxygens (including phenoxy) is 1. The molecule has 0 bridgehead atoms. The quantitative estimate of drug-likeness (QED) is 0.378. The molecule has 4 nitrogen and oxygen atoms in total. The SMILES string of the molecule is CCOC(=O)C(Cc1ccc(C(C)C)cc1)=NO. The number of benzene rings is 1. The van der Waals surface area contributed by atoms with Crippen molar-refractivity contribution in [2.75, 3.05) is 6.61 Å². The van der Waals surface area contributed by atoms with Crippen LogP contribution in [0, 0.1) is 0 Å². The van der Waals surface area contributed by atoms with Crippen molar-refractivity contribution in [3.05, 3.63) is 35.4 Å². The molecular formula is C14H19NO3. The molecule has 18 heavy (non-hydrogen) atoms. The molecule has 1 aromatic carbocycles. The van der Waals surface area contributed by atoms with Gasteiger partial charge in [-0.25, -0.2) is 4.79 Å². The van der Waals surface area contributed by atoms with Gasteiger partial charge in [-0.2, -0.15) is 0 Å². The summed E-state index contributed by atoms with van der Waals surface area (Å²) >= 11 is 0. The second-order valence-corrected chi connectivity index (χ2v) is 4.34. The zero-order valence-corrected chi connectivity index (χ0v) is 11.0. The van der Waals surface area contributed by atoms with Crippen molar-refractivity contribution in [3.63, 3.8) is 0 Å². The molecule has 0 spiro atoms. The number of nitrogens with zero attached hydrogens (tertiary/aromatic N) is 1. The van der Waals surface area contributed by atoms with Crippen molar-refractivity contribution in [1.82, 2.24) is 0 Å². The van der Waals surface area contributed by atoms with E-state index in [1.54, 1.807) is 6.92 Å². The van der Waals surface area contributed by atoms with Gasteiger partial charge >= 0.3 is 5.97 Å². The topological polar surface area (TPSA) is 58.9 Å². The Morgan fingerprint density at radius 3 is 2.39 bits per heavy atom. The molecule has 1 N–H and O–H groups in total. The largest absolute Gasteiger partial charge is 0.461 e. The third-order valence-electron chi connectivity index (χ3n) is 2.65. The molecule has 0 saturated carbocycles. The Hall–Kier alpha value is -1.84. The van der Waals surface area contributed by atoms with E-state index >= 15 is 0 Å². The summed E-state index contributed by atoms with van der Waals surface area (Å²) in [6, 6.07) is 7.89. The van der Waals surface area contributed by atoms with Crippen LogP contribution in [0.4, 0.5) is 0 Å². The molecule has 0 heterocycles. The predicted octanol–water partition coefficient (Wildman–Crippen LogP) is 2.75. The van der Waals surface area contributed by atoms with Crippen LogP contribution < -0.4 is 0 Å². The van der Waals surface area contributed by atoms with Crippen LogP contribution in [0.3, 0.4) is 0 Å². The van der Waals surface area contributed by atoms with Crippen LogP contribution in [-0.2, 0) is 16.0 Å². The van der Waals surface area contributed by atoms with Gasteiger partial charge in [0.2, 0.25) is 0 Å². The first kappa shape index (κ1) is 14.2. The molecule has 1 aromatic rings. The first-order chi connectivity index (χ1) is 8.58. The Balaban J connectivity index is 2.74. The minimum atomic E-state index is -0.576. The van der Waals surface area contributed by atoms with Crippen LogP contribution in [0.1, 0.15) is 37.8 Å². The number of oxime groups is 1. The smallest absolute Gasteiger partial charge is 0.356 e. The van der Waals surface area contributed by atoms with Crippen molar-refractivity contribution in [2.24, 2.45) is 5.16 Å². The van der Waals surface area contributed by atoms with Crippen LogP contribution in [-0.4, -0.2) is 23.5 Å². The van der Waals surface area contributed by atoms with Gasteiger partial charge < -0.3 is 9.94 Å². The van der Waals surface area contributed by atoms with Gasteiger partial charge in [0.1, 0.15) is 0 Å². The van der Waals surface area contributed by atoms with Crippen LogP contribution in [0.5, 0.6) is 0 Å². The Morgan fingerprint density at radius 1 is 1.33 bits per heavy atom. The Kier molecular flexibility index (Phi) is 5.36. The summed E-state index contributed by atoms with van der Waals surface area (Å²) in [5, 5.41) is 11.8. The van der Waals surface area contributed by atoms with Crippen molar-refractivity contribution in [2.45, 2.75) is 33.1 Å². The summed E-state index contributed by atoms with van der Waals surface area (Å²) in [5.74, 6) is -0.108. The molecule has 0 amide bonds. The number of rotatable bonds is 5. The monoisotopic (exact) mass is 249 g/mol. The maximum absolute atomic E-state index is 11.4. The normalized spacial score (nSPS) is 11.7. The minimum absolute atomic E-state index is 0.0224. The lowest BCUT2D eigenvalue weighted by Crippen LogP contribution is -2.20. The summed E-state index contributed by atoms with van der Waals surface area (Å²) in [6.45, 7) is 6.22. The van der Waals surface area contributed by atoms with Crippen molar-refractivity contribution in [3.8, 4) is 0 Å². The summed E-state index contributed by atoms with van der Waals surface area (Å²) in [7, 11) is 0. The highest BCUT2D eigenvalue weighted by Crippen LogP contribution is 2.15. The van der Waals surface area contributed by atoms with E-state index in [-0.39, 0.29) is 18.7 Å². The van der Waals surface area contributed by atoms with Gasteiger partial charge in [0, 0.05) is 6.42 Å². The molecule has 0 aromatic heterocycles. The van der Waals surface area contributed by atoms with Crippen LogP contribution in [0.2, 0.25) is 0 Å². The lowest BCUT2D eigenvalue weighted by molar-refractivity contribution is -0.135. The average Bonchev–Trinajstić information content (AvgIpc) is 2.36. The van der Waals surface area contributed by atoms with Gasteiger partial charge in [0.15, 0.2) is 5.71 Å². The highest BCUT2D eigenvalue weighted by molar-refractivity contribution is 6.36. The number of hydrogen-bond acceptors (Lipinski definition) is 4. The Morgan fingerprint density at radius 2 is 1.94 bits per heavy atom. The zero-order valence-electron chi connectivity index (χ0n) is 11.0. The average molecular weight is 249 g/mol. The van der Waals surface area contributed by atoms with Gasteiger partial charge in [-0.15, -0.1) is 0 Å². The molecule has 0 fully saturated rings. The Bertz CT molecular complexity index is 421. The molecule has 98 valence electrons. The molecule has 0 radical (unpaired) electrons. The fraction of sp³-hybridized carbons (Fsp3) is 0.429. The van der Waals surface area contributed by atoms with Crippen molar-refractivity contribution < 1.29 is 14.7 Å². The molecule has 0 saturated heterocycles. The molecule has 0 aliphatic rings. The van der Waals surface area contributed by atoms with E-state index in [9.17, 15) is 4.79 Å². The summed E-state index contributed by atoms with van der Waals surface area (Å²) in [6.07, 6.45) is 0.272. The highest BCUT2D eigenvalue weighted by atomic mass is 16.5. The van der Waals surface area contributed by atoms with E-state index < -0.39 is 5.97 Å². The third kappa shape index (κ3) is 3.87. The van der Waals surface area contributed by atoms with Gasteiger partial charge in [-0.05, 0) is 24.0 Å². The van der Waals surface area contributed by atoms with Gasteiger partial charge in [0.25, 0.3) is 0 Å². The van der Waals surface area contributed by atoms with E-state index in [0.717, 1.165) is 5.56 Å². The van der Waals surface area contributed by atoms with Crippen molar-refractivity contribution in [1.29, 1.82) is 0 Å². The second kappa shape index (κ2) is 6.79. The maximum Gasteiger partial charge on any atom is 0.356 e. The minimum Gasteiger partial charge on any atom is -0.461 e. The van der Waals surface area contributed by atoms with Gasteiger partial charge in [-0.1, -0.05) is 43.3 Å². The van der Waals surface area contributed by atoms with E-state index in [1.807, 2.05) is 24.3 Å². The molecule has 0 unspecified atom stereocenters.